The summed E-state index contributed by atoms with van der Waals surface area (Å²) in [7, 11) is 0. The largest absolute Gasteiger partial charge is 0.373 e. The van der Waals surface area contributed by atoms with Crippen LogP contribution in [0.5, 0.6) is 0 Å². The van der Waals surface area contributed by atoms with Gasteiger partial charge in [0.05, 0.1) is 12.7 Å². The minimum absolute atomic E-state index is 0.654. The Hall–Kier alpha value is -0.900. The normalized spacial score (nSPS) is 15.7. The summed E-state index contributed by atoms with van der Waals surface area (Å²) in [5, 5.41) is 12.0. The summed E-state index contributed by atoms with van der Waals surface area (Å²) >= 11 is 0. The van der Waals surface area contributed by atoms with Gasteiger partial charge in [-0.05, 0) is 18.4 Å². The van der Waals surface area contributed by atoms with Gasteiger partial charge in [-0.25, -0.2) is 0 Å². The molecule has 3 nitrogen and oxygen atoms in total. The van der Waals surface area contributed by atoms with Gasteiger partial charge in [0.1, 0.15) is 0 Å². The second-order valence-corrected chi connectivity index (χ2v) is 4.64. The van der Waals surface area contributed by atoms with Crippen LogP contribution < -0.4 is 0 Å². The third kappa shape index (κ3) is 11.9. The van der Waals surface area contributed by atoms with E-state index < -0.39 is 0 Å². The van der Waals surface area contributed by atoms with Crippen LogP contribution in [0.4, 0.5) is 0 Å². The fourth-order valence-corrected chi connectivity index (χ4v) is 1.75. The zero-order chi connectivity index (χ0) is 14.3. The summed E-state index contributed by atoms with van der Waals surface area (Å²) in [5.41, 5.74) is 1.41. The van der Waals surface area contributed by atoms with Crippen molar-refractivity contribution in [3.63, 3.8) is 0 Å². The molecular weight excluding hydrogens is 240 g/mol. The van der Waals surface area contributed by atoms with Gasteiger partial charge in [-0.2, -0.15) is 0 Å². The lowest BCUT2D eigenvalue weighted by molar-refractivity contribution is -0.176. The van der Waals surface area contributed by atoms with Crippen molar-refractivity contribution in [2.24, 2.45) is 0 Å². The van der Waals surface area contributed by atoms with Crippen LogP contribution in [0.2, 0.25) is 0 Å². The maximum atomic E-state index is 6.00. The molecule has 1 atom stereocenters. The second-order valence-electron chi connectivity index (χ2n) is 4.64. The highest BCUT2D eigenvalue weighted by Gasteiger charge is 2.20. The molecule has 2 rings (SSSR count). The predicted molar refractivity (Wildman–Crippen MR) is 79.6 cm³/mol. The summed E-state index contributed by atoms with van der Waals surface area (Å²) in [6.45, 7) is 5.44. The Balaban J connectivity index is 0.000000303. The molecule has 0 bridgehead atoms. The van der Waals surface area contributed by atoms with Gasteiger partial charge < -0.3 is 4.74 Å². The topological polar surface area (TPSA) is 53.0 Å². The fraction of sp³-hybridized carbons (Fsp3) is 0.625. The van der Waals surface area contributed by atoms with E-state index in [0.717, 1.165) is 13.0 Å². The molecule has 0 saturated carbocycles. The first-order valence-corrected chi connectivity index (χ1v) is 7.22. The van der Waals surface area contributed by atoms with Crippen molar-refractivity contribution in [2.75, 3.05) is 6.61 Å². The summed E-state index contributed by atoms with van der Waals surface area (Å²) in [5.74, 6) is 0. The molecule has 0 radical (unpaired) electrons. The van der Waals surface area contributed by atoms with E-state index in [-0.39, 0.29) is 0 Å². The Morgan fingerprint density at radius 2 is 1.68 bits per heavy atom. The van der Waals surface area contributed by atoms with Crippen molar-refractivity contribution in [1.29, 1.82) is 0 Å². The smallest absolute Gasteiger partial charge is 0.0810 e. The maximum Gasteiger partial charge on any atom is 0.0810 e. The molecule has 1 fully saturated rings. The third-order valence-electron chi connectivity index (χ3n) is 3.03. The van der Waals surface area contributed by atoms with Crippen LogP contribution in [-0.4, -0.2) is 23.2 Å². The predicted octanol–water partition coefficient (Wildman–Crippen LogP) is 4.62. The number of epoxide rings is 1. The summed E-state index contributed by atoms with van der Waals surface area (Å²) < 4.78 is 5.09. The van der Waals surface area contributed by atoms with Gasteiger partial charge in [0.2, 0.25) is 0 Å². The Morgan fingerprint density at radius 1 is 1.05 bits per heavy atom. The second kappa shape index (κ2) is 13.5. The molecule has 110 valence electrons. The van der Waals surface area contributed by atoms with Crippen LogP contribution in [0.1, 0.15) is 51.5 Å². The van der Waals surface area contributed by atoms with Crippen molar-refractivity contribution < 1.29 is 15.3 Å². The Kier molecular flexibility index (Phi) is 12.9. The van der Waals surface area contributed by atoms with E-state index in [2.05, 4.69) is 38.1 Å². The number of rotatable bonds is 6. The van der Waals surface area contributed by atoms with Crippen molar-refractivity contribution >= 4 is 0 Å². The molecule has 0 aliphatic carbocycles. The average Bonchev–Trinajstić information content (AvgIpc) is 3.32. The minimum Gasteiger partial charge on any atom is -0.373 e. The standard InChI is InChI=1S/C8H16O.C8H10.H2O2/c1-2-3-4-5-6-8-7-9-8;1-2-8-6-4-3-5-7-8;1-2/h8H,2-7H2,1H3;3-7H,2H2,1H3;1-2H. The molecule has 0 amide bonds. The molecule has 1 aliphatic heterocycles. The number of hydrogen-bond acceptors (Lipinski definition) is 3. The number of unbranched alkanes of at least 4 members (excludes halogenated alkanes) is 3. The van der Waals surface area contributed by atoms with Crippen molar-refractivity contribution in [2.45, 2.75) is 58.5 Å². The number of ether oxygens (including phenoxy) is 1. The lowest BCUT2D eigenvalue weighted by Crippen LogP contribution is -1.84. The number of aryl methyl sites for hydroxylation is 1. The third-order valence-corrected chi connectivity index (χ3v) is 3.03. The molecule has 3 heteroatoms. The van der Waals surface area contributed by atoms with Gasteiger partial charge in [0, 0.05) is 0 Å². The van der Waals surface area contributed by atoms with Gasteiger partial charge in [0.15, 0.2) is 0 Å². The molecule has 1 unspecified atom stereocenters. The molecule has 1 aromatic carbocycles. The average molecular weight is 268 g/mol. The zero-order valence-corrected chi connectivity index (χ0v) is 12.2. The first kappa shape index (κ1) is 18.1. The monoisotopic (exact) mass is 268 g/mol. The van der Waals surface area contributed by atoms with E-state index in [0.29, 0.717) is 6.10 Å². The van der Waals surface area contributed by atoms with E-state index in [1.165, 1.54) is 37.7 Å². The lowest BCUT2D eigenvalue weighted by Gasteiger charge is -1.93. The van der Waals surface area contributed by atoms with E-state index in [9.17, 15) is 0 Å². The Bertz CT molecular complexity index is 271. The summed E-state index contributed by atoms with van der Waals surface area (Å²) in [6, 6.07) is 10.5. The van der Waals surface area contributed by atoms with Crippen LogP contribution >= 0.6 is 0 Å². The fourth-order valence-electron chi connectivity index (χ4n) is 1.75. The van der Waals surface area contributed by atoms with Crippen LogP contribution in [0.25, 0.3) is 0 Å². The summed E-state index contributed by atoms with van der Waals surface area (Å²) in [6.07, 6.45) is 8.61. The molecule has 1 aromatic rings. The van der Waals surface area contributed by atoms with Crippen molar-refractivity contribution in [3.8, 4) is 0 Å². The molecule has 0 spiro atoms. The maximum absolute atomic E-state index is 6.00. The highest BCUT2D eigenvalue weighted by Crippen LogP contribution is 2.17. The van der Waals surface area contributed by atoms with E-state index in [4.69, 9.17) is 15.3 Å². The zero-order valence-electron chi connectivity index (χ0n) is 12.2. The first-order chi connectivity index (χ1) is 9.36. The molecule has 19 heavy (non-hydrogen) atoms. The van der Waals surface area contributed by atoms with E-state index >= 15 is 0 Å². The van der Waals surface area contributed by atoms with Crippen LogP contribution in [0.15, 0.2) is 30.3 Å². The van der Waals surface area contributed by atoms with Gasteiger partial charge in [-0.3, -0.25) is 10.5 Å². The molecule has 2 N–H and O–H groups in total. The van der Waals surface area contributed by atoms with E-state index in [1.54, 1.807) is 0 Å². The number of benzene rings is 1. The molecule has 1 aliphatic rings. The van der Waals surface area contributed by atoms with Gasteiger partial charge in [-0.1, -0.05) is 69.9 Å². The lowest BCUT2D eigenvalue weighted by atomic mass is 10.1. The summed E-state index contributed by atoms with van der Waals surface area (Å²) in [4.78, 5) is 0. The minimum atomic E-state index is 0.654. The molecule has 0 aromatic heterocycles. The number of hydrogen-bond donors (Lipinski definition) is 2. The highest BCUT2D eigenvalue weighted by atomic mass is 17.0. The Labute approximate surface area is 117 Å². The first-order valence-electron chi connectivity index (χ1n) is 7.22. The van der Waals surface area contributed by atoms with Crippen molar-refractivity contribution in [1.82, 2.24) is 0 Å². The SMILES string of the molecule is CCCCCCC1CO1.CCc1ccccc1.OO. The van der Waals surface area contributed by atoms with Gasteiger partial charge in [0.25, 0.3) is 0 Å². The van der Waals surface area contributed by atoms with Crippen molar-refractivity contribution in [3.05, 3.63) is 35.9 Å². The Morgan fingerprint density at radius 3 is 2.11 bits per heavy atom. The quantitative estimate of drug-likeness (QED) is 0.342. The highest BCUT2D eigenvalue weighted by molar-refractivity contribution is 5.13. The van der Waals surface area contributed by atoms with Crippen LogP contribution in [-0.2, 0) is 11.2 Å². The van der Waals surface area contributed by atoms with Gasteiger partial charge >= 0.3 is 0 Å². The molecular formula is C16H28O3. The molecule has 1 saturated heterocycles. The molecule has 1 heterocycles. The van der Waals surface area contributed by atoms with Crippen LogP contribution in [0, 0.1) is 0 Å². The van der Waals surface area contributed by atoms with Crippen LogP contribution in [0.3, 0.4) is 0 Å². The van der Waals surface area contributed by atoms with E-state index in [1.807, 2.05) is 6.07 Å². The van der Waals surface area contributed by atoms with Gasteiger partial charge in [-0.15, -0.1) is 0 Å².